The molecule has 176 valence electrons. The summed E-state index contributed by atoms with van der Waals surface area (Å²) in [5.74, 6) is 0.891. The van der Waals surface area contributed by atoms with Gasteiger partial charge in [0.15, 0.2) is 5.69 Å². The van der Waals surface area contributed by atoms with Crippen LogP contribution in [0.25, 0.3) is 17.1 Å². The molecular formula is C25H27N5O4. The lowest BCUT2D eigenvalue weighted by Crippen LogP contribution is -2.28. The van der Waals surface area contributed by atoms with Crippen molar-refractivity contribution in [2.75, 3.05) is 12.4 Å². The maximum atomic E-state index is 13.0. The minimum atomic E-state index is -0.393. The number of aromatic nitrogens is 4. The number of nitrogens with zero attached hydrogens (tertiary/aromatic N) is 4. The first-order chi connectivity index (χ1) is 16.4. The predicted octanol–water partition coefficient (Wildman–Crippen LogP) is 4.62. The molecule has 0 unspecified atom stereocenters. The molecule has 5 rings (SSSR count). The first-order valence-electron chi connectivity index (χ1n) is 11.3. The molecule has 1 aliphatic carbocycles. The molecule has 0 atom stereocenters. The van der Waals surface area contributed by atoms with Crippen molar-refractivity contribution < 1.29 is 18.7 Å². The van der Waals surface area contributed by atoms with Gasteiger partial charge in [0.2, 0.25) is 5.89 Å². The Labute approximate surface area is 197 Å². The molecule has 0 bridgehead atoms. The van der Waals surface area contributed by atoms with Gasteiger partial charge in [-0.1, -0.05) is 0 Å². The van der Waals surface area contributed by atoms with Gasteiger partial charge in [0.1, 0.15) is 23.3 Å². The number of amides is 1. The van der Waals surface area contributed by atoms with Crippen molar-refractivity contribution in [3.8, 4) is 17.2 Å². The first-order valence-corrected chi connectivity index (χ1v) is 11.3. The molecule has 1 N–H and O–H groups in total. The van der Waals surface area contributed by atoms with Crippen molar-refractivity contribution >= 4 is 17.2 Å². The Morgan fingerprint density at radius 2 is 2.06 bits per heavy atom. The third-order valence-corrected chi connectivity index (χ3v) is 5.91. The Hall–Kier alpha value is -3.72. The van der Waals surface area contributed by atoms with E-state index in [1.54, 1.807) is 19.4 Å². The highest BCUT2D eigenvalue weighted by Gasteiger charge is 2.32. The summed E-state index contributed by atoms with van der Waals surface area (Å²) in [5.41, 5.74) is 4.08. The second kappa shape index (κ2) is 8.90. The summed E-state index contributed by atoms with van der Waals surface area (Å²) < 4.78 is 18.8. The molecule has 1 aliphatic rings. The number of carbonyl (C=O) groups is 1. The normalized spacial score (nSPS) is 17.7. The van der Waals surface area contributed by atoms with E-state index in [0.29, 0.717) is 29.3 Å². The number of hydrogen-bond donors (Lipinski definition) is 1. The standard InChI is InChI=1S/C25H27N5O4/c1-14(2)34-22-10-23-27-19(17-8-18(9-17)32-4)11-30(23)12-20(22)28-24(31)21-13-33-25(29-21)16-5-6-26-15(3)7-16/h5-7,10-14,17-18H,8-9H2,1-4H3,(H,28,31). The largest absolute Gasteiger partial charge is 0.489 e. The van der Waals surface area contributed by atoms with Crippen LogP contribution < -0.4 is 10.1 Å². The van der Waals surface area contributed by atoms with Gasteiger partial charge in [0.25, 0.3) is 5.91 Å². The number of rotatable bonds is 7. The van der Waals surface area contributed by atoms with Crippen LogP contribution in [-0.2, 0) is 4.74 Å². The van der Waals surface area contributed by atoms with E-state index in [1.165, 1.54) is 6.26 Å². The van der Waals surface area contributed by atoms with Gasteiger partial charge in [-0.2, -0.15) is 0 Å². The van der Waals surface area contributed by atoms with Gasteiger partial charge < -0.3 is 23.6 Å². The summed E-state index contributed by atoms with van der Waals surface area (Å²) in [6.45, 7) is 5.76. The number of carbonyl (C=O) groups excluding carboxylic acids is 1. The van der Waals surface area contributed by atoms with Crippen LogP contribution in [0.4, 0.5) is 5.69 Å². The molecule has 1 amide bonds. The summed E-state index contributed by atoms with van der Waals surface area (Å²) in [4.78, 5) is 26.3. The van der Waals surface area contributed by atoms with Crippen LogP contribution in [0.2, 0.25) is 0 Å². The van der Waals surface area contributed by atoms with Crippen LogP contribution in [0.5, 0.6) is 5.75 Å². The van der Waals surface area contributed by atoms with Gasteiger partial charge in [0, 0.05) is 48.9 Å². The number of hydrogen-bond acceptors (Lipinski definition) is 7. The van der Waals surface area contributed by atoms with Gasteiger partial charge in [-0.15, -0.1) is 0 Å². The van der Waals surface area contributed by atoms with Gasteiger partial charge in [-0.25, -0.2) is 9.97 Å². The molecule has 0 aromatic carbocycles. The summed E-state index contributed by atoms with van der Waals surface area (Å²) in [6, 6.07) is 5.49. The molecular weight excluding hydrogens is 434 g/mol. The third-order valence-electron chi connectivity index (χ3n) is 5.91. The fourth-order valence-electron chi connectivity index (χ4n) is 4.05. The number of methoxy groups -OCH3 is 1. The van der Waals surface area contributed by atoms with E-state index in [4.69, 9.17) is 18.9 Å². The van der Waals surface area contributed by atoms with E-state index >= 15 is 0 Å². The number of fused-ring (bicyclic) bond motifs is 1. The molecule has 34 heavy (non-hydrogen) atoms. The Kier molecular flexibility index (Phi) is 5.79. The predicted molar refractivity (Wildman–Crippen MR) is 126 cm³/mol. The van der Waals surface area contributed by atoms with Crippen molar-refractivity contribution in [3.63, 3.8) is 0 Å². The maximum absolute atomic E-state index is 13.0. The molecule has 0 spiro atoms. The van der Waals surface area contributed by atoms with Crippen LogP contribution in [0, 0.1) is 6.92 Å². The highest BCUT2D eigenvalue weighted by atomic mass is 16.5. The Morgan fingerprint density at radius 1 is 1.24 bits per heavy atom. The summed E-state index contributed by atoms with van der Waals surface area (Å²) in [7, 11) is 1.74. The van der Waals surface area contributed by atoms with E-state index < -0.39 is 5.91 Å². The first kappa shape index (κ1) is 22.1. The van der Waals surface area contributed by atoms with Crippen molar-refractivity contribution in [1.29, 1.82) is 0 Å². The van der Waals surface area contributed by atoms with Crippen molar-refractivity contribution in [1.82, 2.24) is 19.4 Å². The fourth-order valence-corrected chi connectivity index (χ4v) is 4.05. The lowest BCUT2D eigenvalue weighted by atomic mass is 9.80. The van der Waals surface area contributed by atoms with E-state index in [2.05, 4.69) is 15.3 Å². The third kappa shape index (κ3) is 4.38. The molecule has 4 aromatic rings. The van der Waals surface area contributed by atoms with Crippen LogP contribution in [0.1, 0.15) is 54.5 Å². The monoisotopic (exact) mass is 461 g/mol. The molecule has 4 aromatic heterocycles. The van der Waals surface area contributed by atoms with Crippen molar-refractivity contribution in [2.24, 2.45) is 0 Å². The van der Waals surface area contributed by atoms with E-state index in [1.807, 2.05) is 49.7 Å². The maximum Gasteiger partial charge on any atom is 0.277 e. The highest BCUT2D eigenvalue weighted by Crippen LogP contribution is 2.38. The Bertz CT molecular complexity index is 1340. The minimum Gasteiger partial charge on any atom is -0.489 e. The zero-order chi connectivity index (χ0) is 23.8. The zero-order valence-corrected chi connectivity index (χ0v) is 19.6. The Morgan fingerprint density at radius 3 is 2.79 bits per heavy atom. The number of anilines is 1. The molecule has 9 heteroatoms. The minimum absolute atomic E-state index is 0.0739. The molecule has 4 heterocycles. The van der Waals surface area contributed by atoms with Crippen LogP contribution in [0.15, 0.2) is 47.5 Å². The number of nitrogens with one attached hydrogen (secondary N) is 1. The summed E-state index contributed by atoms with van der Waals surface area (Å²) >= 11 is 0. The zero-order valence-electron chi connectivity index (χ0n) is 19.6. The van der Waals surface area contributed by atoms with Gasteiger partial charge >= 0.3 is 0 Å². The summed E-state index contributed by atoms with van der Waals surface area (Å²) in [6.07, 6.45) is 9.00. The van der Waals surface area contributed by atoms with Gasteiger partial charge in [-0.05, 0) is 45.7 Å². The number of pyridine rings is 2. The second-order valence-electron chi connectivity index (χ2n) is 8.85. The smallest absolute Gasteiger partial charge is 0.277 e. The molecule has 0 radical (unpaired) electrons. The lowest BCUT2D eigenvalue weighted by Gasteiger charge is -2.32. The van der Waals surface area contributed by atoms with Gasteiger partial charge in [0.05, 0.1) is 17.9 Å². The quantitative estimate of drug-likeness (QED) is 0.428. The SMILES string of the molecule is COC1CC(c2cn3cc(NC(=O)c4coc(-c5ccnc(C)c5)n4)c(OC(C)C)cc3n2)C1. The molecule has 0 saturated heterocycles. The fraction of sp³-hybridized carbons (Fsp3) is 0.360. The number of aryl methyl sites for hydroxylation is 1. The topological polar surface area (TPSA) is 104 Å². The number of ether oxygens (including phenoxy) is 2. The van der Waals surface area contributed by atoms with E-state index in [-0.39, 0.29) is 11.8 Å². The van der Waals surface area contributed by atoms with Crippen molar-refractivity contribution in [3.05, 3.63) is 60.1 Å². The summed E-state index contributed by atoms with van der Waals surface area (Å²) in [5, 5.41) is 2.92. The molecule has 9 nitrogen and oxygen atoms in total. The Balaban J connectivity index is 1.41. The average Bonchev–Trinajstić information content (AvgIpc) is 3.40. The number of oxazole rings is 1. The average molecular weight is 462 g/mol. The molecule has 1 fully saturated rings. The lowest BCUT2D eigenvalue weighted by molar-refractivity contribution is 0.0249. The van der Waals surface area contributed by atoms with Crippen LogP contribution in [-0.4, -0.2) is 44.6 Å². The van der Waals surface area contributed by atoms with Crippen LogP contribution >= 0.6 is 0 Å². The number of imidazole rings is 1. The van der Waals surface area contributed by atoms with Gasteiger partial charge in [-0.3, -0.25) is 9.78 Å². The van der Waals surface area contributed by atoms with E-state index in [0.717, 1.165) is 35.4 Å². The van der Waals surface area contributed by atoms with E-state index in [9.17, 15) is 4.79 Å². The van der Waals surface area contributed by atoms with Crippen LogP contribution in [0.3, 0.4) is 0 Å². The highest BCUT2D eigenvalue weighted by molar-refractivity contribution is 6.03. The molecule has 1 saturated carbocycles. The van der Waals surface area contributed by atoms with Crippen molar-refractivity contribution in [2.45, 2.75) is 51.7 Å². The second-order valence-corrected chi connectivity index (χ2v) is 8.85. The molecule has 0 aliphatic heterocycles.